The molecule has 0 aliphatic heterocycles. The predicted octanol–water partition coefficient (Wildman–Crippen LogP) is 1.54. The Labute approximate surface area is 143 Å². The van der Waals surface area contributed by atoms with Crippen LogP contribution in [0.2, 0.25) is 0 Å². The summed E-state index contributed by atoms with van der Waals surface area (Å²) >= 11 is 0. The van der Waals surface area contributed by atoms with Crippen molar-refractivity contribution in [2.24, 2.45) is 7.05 Å². The first kappa shape index (κ1) is 16.4. The molecule has 0 spiro atoms. The van der Waals surface area contributed by atoms with Crippen LogP contribution >= 0.6 is 0 Å². The second-order valence-corrected chi connectivity index (χ2v) is 5.72. The summed E-state index contributed by atoms with van der Waals surface area (Å²) < 4.78 is 2.58. The summed E-state index contributed by atoms with van der Waals surface area (Å²) in [5.41, 5.74) is 1.40. The molecule has 3 rings (SSSR count). The molecule has 0 radical (unpaired) electrons. The topological polar surface area (TPSA) is 102 Å². The van der Waals surface area contributed by atoms with Crippen LogP contribution in [0.5, 0.6) is 5.75 Å². The Bertz CT molecular complexity index is 1020. The van der Waals surface area contributed by atoms with Gasteiger partial charge >= 0.3 is 0 Å². The minimum Gasteiger partial charge on any atom is -0.505 e. The van der Waals surface area contributed by atoms with Crippen molar-refractivity contribution in [3.63, 3.8) is 0 Å². The fraction of sp³-hybridized carbons (Fsp3) is 0.176. The van der Waals surface area contributed by atoms with E-state index >= 15 is 0 Å². The van der Waals surface area contributed by atoms with E-state index in [1.54, 1.807) is 38.2 Å². The molecular weight excluding hydrogens is 322 g/mol. The van der Waals surface area contributed by atoms with Crippen molar-refractivity contribution in [2.75, 3.05) is 5.32 Å². The summed E-state index contributed by atoms with van der Waals surface area (Å²) in [6, 6.07) is 9.78. The SMILES string of the molecule is Cc1cccc(-n2nc(C(=O)Nc3cc(C)nn3C)c(O)cc2=O)c1. The van der Waals surface area contributed by atoms with E-state index in [0.717, 1.165) is 22.0 Å². The third kappa shape index (κ3) is 3.27. The first-order valence-electron chi connectivity index (χ1n) is 7.57. The smallest absolute Gasteiger partial charge is 0.281 e. The predicted molar refractivity (Wildman–Crippen MR) is 92.1 cm³/mol. The third-order valence-corrected chi connectivity index (χ3v) is 3.62. The summed E-state index contributed by atoms with van der Waals surface area (Å²) in [5, 5.41) is 20.8. The summed E-state index contributed by atoms with van der Waals surface area (Å²) in [4.78, 5) is 24.6. The molecule has 0 aliphatic carbocycles. The van der Waals surface area contributed by atoms with Crippen molar-refractivity contribution in [3.05, 3.63) is 63.7 Å². The Kier molecular flexibility index (Phi) is 4.10. The molecule has 0 fully saturated rings. The van der Waals surface area contributed by atoms with E-state index in [2.05, 4.69) is 15.5 Å². The number of aromatic nitrogens is 4. The number of anilines is 1. The minimum atomic E-state index is -0.637. The van der Waals surface area contributed by atoms with Gasteiger partial charge in [-0.1, -0.05) is 12.1 Å². The number of aryl methyl sites for hydroxylation is 3. The van der Waals surface area contributed by atoms with Crippen molar-refractivity contribution in [3.8, 4) is 11.4 Å². The van der Waals surface area contributed by atoms with Crippen LogP contribution in [0.4, 0.5) is 5.82 Å². The standard InChI is InChI=1S/C17H17N5O3/c1-10-5-4-6-12(7-10)22-15(24)9-13(23)16(20-22)17(25)18-14-8-11(2)19-21(14)3/h4-9,23H,1-3H3,(H,18,25). The number of carbonyl (C=O) groups is 1. The van der Waals surface area contributed by atoms with Crippen molar-refractivity contribution in [2.45, 2.75) is 13.8 Å². The average Bonchev–Trinajstić information content (AvgIpc) is 2.84. The number of nitrogens with one attached hydrogen (secondary N) is 1. The van der Waals surface area contributed by atoms with Gasteiger partial charge in [-0.05, 0) is 31.5 Å². The van der Waals surface area contributed by atoms with Gasteiger partial charge in [0.1, 0.15) is 5.82 Å². The van der Waals surface area contributed by atoms with Crippen LogP contribution < -0.4 is 10.9 Å². The zero-order valence-corrected chi connectivity index (χ0v) is 14.0. The van der Waals surface area contributed by atoms with Crippen LogP contribution in [-0.4, -0.2) is 30.6 Å². The lowest BCUT2D eigenvalue weighted by Crippen LogP contribution is -2.25. The summed E-state index contributed by atoms with van der Waals surface area (Å²) in [6.07, 6.45) is 0. The summed E-state index contributed by atoms with van der Waals surface area (Å²) in [6.45, 7) is 3.68. The van der Waals surface area contributed by atoms with E-state index in [1.165, 1.54) is 4.68 Å². The average molecular weight is 339 g/mol. The Morgan fingerprint density at radius 2 is 1.92 bits per heavy atom. The van der Waals surface area contributed by atoms with Gasteiger partial charge in [-0.25, -0.2) is 0 Å². The zero-order chi connectivity index (χ0) is 18.1. The molecule has 0 aliphatic rings. The van der Waals surface area contributed by atoms with E-state index < -0.39 is 17.2 Å². The number of rotatable bonds is 3. The van der Waals surface area contributed by atoms with E-state index in [1.807, 2.05) is 13.0 Å². The molecule has 0 bridgehead atoms. The first-order valence-corrected chi connectivity index (χ1v) is 7.57. The Morgan fingerprint density at radius 3 is 2.56 bits per heavy atom. The highest BCUT2D eigenvalue weighted by atomic mass is 16.3. The van der Waals surface area contributed by atoms with Crippen molar-refractivity contribution >= 4 is 11.7 Å². The van der Waals surface area contributed by atoms with Crippen molar-refractivity contribution < 1.29 is 9.90 Å². The molecule has 0 saturated carbocycles. The largest absolute Gasteiger partial charge is 0.505 e. The van der Waals surface area contributed by atoms with E-state index in [4.69, 9.17) is 0 Å². The van der Waals surface area contributed by atoms with Crippen LogP contribution in [-0.2, 0) is 7.05 Å². The molecule has 0 unspecified atom stereocenters. The molecule has 0 saturated heterocycles. The van der Waals surface area contributed by atoms with E-state index in [-0.39, 0.29) is 5.69 Å². The Balaban J connectivity index is 2.01. The van der Waals surface area contributed by atoms with E-state index in [0.29, 0.717) is 11.5 Å². The normalized spacial score (nSPS) is 10.7. The number of hydrogen-bond donors (Lipinski definition) is 2. The maximum atomic E-state index is 12.5. The first-order chi connectivity index (χ1) is 11.8. The molecule has 2 heterocycles. The molecule has 2 aromatic heterocycles. The maximum absolute atomic E-state index is 12.5. The van der Waals surface area contributed by atoms with Crippen LogP contribution in [0, 0.1) is 13.8 Å². The molecule has 0 atom stereocenters. The zero-order valence-electron chi connectivity index (χ0n) is 14.0. The highest BCUT2D eigenvalue weighted by molar-refractivity contribution is 6.04. The van der Waals surface area contributed by atoms with Gasteiger partial charge in [0.15, 0.2) is 11.4 Å². The number of aromatic hydroxyl groups is 1. The molecule has 3 aromatic rings. The highest BCUT2D eigenvalue weighted by Gasteiger charge is 2.18. The van der Waals surface area contributed by atoms with Crippen LogP contribution in [0.15, 0.2) is 41.2 Å². The van der Waals surface area contributed by atoms with Gasteiger partial charge in [0.2, 0.25) is 0 Å². The highest BCUT2D eigenvalue weighted by Crippen LogP contribution is 2.16. The number of benzene rings is 1. The monoisotopic (exact) mass is 339 g/mol. The molecule has 25 heavy (non-hydrogen) atoms. The van der Waals surface area contributed by atoms with Gasteiger partial charge in [0.25, 0.3) is 11.5 Å². The second kappa shape index (κ2) is 6.23. The number of nitrogens with zero attached hydrogens (tertiary/aromatic N) is 4. The third-order valence-electron chi connectivity index (χ3n) is 3.62. The number of amides is 1. The molecule has 128 valence electrons. The van der Waals surface area contributed by atoms with Crippen LogP contribution in [0.3, 0.4) is 0 Å². The van der Waals surface area contributed by atoms with Gasteiger partial charge in [0, 0.05) is 19.2 Å². The van der Waals surface area contributed by atoms with Gasteiger partial charge in [-0.3, -0.25) is 14.3 Å². The Morgan fingerprint density at radius 1 is 1.16 bits per heavy atom. The molecular formula is C17H17N5O3. The number of hydrogen-bond acceptors (Lipinski definition) is 5. The van der Waals surface area contributed by atoms with Gasteiger partial charge in [-0.2, -0.15) is 14.9 Å². The van der Waals surface area contributed by atoms with Gasteiger partial charge in [-0.15, -0.1) is 0 Å². The molecule has 2 N–H and O–H groups in total. The molecule has 1 aromatic carbocycles. The number of carbonyl (C=O) groups excluding carboxylic acids is 1. The van der Waals surface area contributed by atoms with Crippen molar-refractivity contribution in [1.82, 2.24) is 19.6 Å². The molecule has 8 heteroatoms. The molecule has 1 amide bonds. The van der Waals surface area contributed by atoms with E-state index in [9.17, 15) is 14.7 Å². The quantitative estimate of drug-likeness (QED) is 0.753. The van der Waals surface area contributed by atoms with Crippen LogP contribution in [0.25, 0.3) is 5.69 Å². The fourth-order valence-corrected chi connectivity index (χ4v) is 2.46. The minimum absolute atomic E-state index is 0.250. The lowest BCUT2D eigenvalue weighted by Gasteiger charge is -2.10. The summed E-state index contributed by atoms with van der Waals surface area (Å²) in [7, 11) is 1.68. The van der Waals surface area contributed by atoms with Gasteiger partial charge < -0.3 is 10.4 Å². The Hall–Kier alpha value is -3.42. The van der Waals surface area contributed by atoms with Gasteiger partial charge in [0.05, 0.1) is 11.4 Å². The lowest BCUT2D eigenvalue weighted by molar-refractivity contribution is 0.101. The summed E-state index contributed by atoms with van der Waals surface area (Å²) in [5.74, 6) is -0.663. The maximum Gasteiger partial charge on any atom is 0.281 e. The second-order valence-electron chi connectivity index (χ2n) is 5.72. The lowest BCUT2D eigenvalue weighted by atomic mass is 10.2. The van der Waals surface area contributed by atoms with Crippen molar-refractivity contribution in [1.29, 1.82) is 0 Å². The van der Waals surface area contributed by atoms with Crippen LogP contribution in [0.1, 0.15) is 21.7 Å². The fourth-order valence-electron chi connectivity index (χ4n) is 2.46. The molecule has 8 nitrogen and oxygen atoms in total.